The van der Waals surface area contributed by atoms with Crippen molar-refractivity contribution in [2.24, 2.45) is 10.7 Å². The van der Waals surface area contributed by atoms with Crippen LogP contribution in [0.3, 0.4) is 0 Å². The summed E-state index contributed by atoms with van der Waals surface area (Å²) in [6.45, 7) is 6.73. The summed E-state index contributed by atoms with van der Waals surface area (Å²) in [6.07, 6.45) is 0.926. The number of rotatable bonds is 6. The molecule has 0 saturated heterocycles. The van der Waals surface area contributed by atoms with Crippen molar-refractivity contribution in [3.05, 3.63) is 29.8 Å². The van der Waals surface area contributed by atoms with Gasteiger partial charge in [0.1, 0.15) is 0 Å². The highest BCUT2D eigenvalue weighted by atomic mass is 127. The summed E-state index contributed by atoms with van der Waals surface area (Å²) in [5.74, 6) is 0.648. The number of guanidine groups is 1. The number of benzene rings is 1. The van der Waals surface area contributed by atoms with Gasteiger partial charge in [0, 0.05) is 39.4 Å². The number of hydrogen-bond acceptors (Lipinski definition) is 2. The molecule has 1 rings (SSSR count). The van der Waals surface area contributed by atoms with Gasteiger partial charge >= 0.3 is 0 Å². The number of anilines is 1. The molecule has 0 aliphatic heterocycles. The lowest BCUT2D eigenvalue weighted by molar-refractivity contribution is 0.458. The Morgan fingerprint density at radius 2 is 1.65 bits per heavy atom. The van der Waals surface area contributed by atoms with Crippen LogP contribution in [0.1, 0.15) is 19.4 Å². The number of halogens is 1. The van der Waals surface area contributed by atoms with Crippen LogP contribution in [0.4, 0.5) is 5.69 Å². The molecular formula is C15H27IN4. The van der Waals surface area contributed by atoms with Gasteiger partial charge in [0.15, 0.2) is 5.96 Å². The molecule has 20 heavy (non-hydrogen) atoms. The van der Waals surface area contributed by atoms with E-state index in [4.69, 9.17) is 5.73 Å². The number of nitrogens with zero attached hydrogens (tertiary/aromatic N) is 3. The molecular weight excluding hydrogens is 363 g/mol. The second-order valence-electron chi connectivity index (χ2n) is 4.72. The molecule has 0 saturated carbocycles. The van der Waals surface area contributed by atoms with Crippen molar-refractivity contribution in [2.75, 3.05) is 38.6 Å². The van der Waals surface area contributed by atoms with Crippen LogP contribution >= 0.6 is 24.0 Å². The summed E-state index contributed by atoms with van der Waals surface area (Å²) >= 11 is 0. The zero-order valence-electron chi connectivity index (χ0n) is 13.0. The third kappa shape index (κ3) is 5.98. The van der Waals surface area contributed by atoms with Crippen molar-refractivity contribution in [3.8, 4) is 0 Å². The van der Waals surface area contributed by atoms with Crippen LogP contribution in [0.15, 0.2) is 29.3 Å². The van der Waals surface area contributed by atoms with E-state index in [1.165, 1.54) is 11.3 Å². The van der Waals surface area contributed by atoms with Crippen LogP contribution in [0, 0.1) is 0 Å². The summed E-state index contributed by atoms with van der Waals surface area (Å²) < 4.78 is 0. The molecule has 114 valence electrons. The predicted octanol–water partition coefficient (Wildman–Crippen LogP) is 2.57. The first-order valence-corrected chi connectivity index (χ1v) is 6.89. The maximum atomic E-state index is 5.94. The Bertz CT molecular complexity index is 397. The molecule has 1 aromatic rings. The van der Waals surface area contributed by atoms with E-state index in [1.807, 2.05) is 14.1 Å². The summed E-state index contributed by atoms with van der Waals surface area (Å²) in [5.41, 5.74) is 8.45. The van der Waals surface area contributed by atoms with Gasteiger partial charge in [0.25, 0.3) is 0 Å². The molecule has 0 amide bonds. The predicted molar refractivity (Wildman–Crippen MR) is 99.3 cm³/mol. The van der Waals surface area contributed by atoms with Crippen molar-refractivity contribution >= 4 is 35.6 Å². The topological polar surface area (TPSA) is 44.9 Å². The van der Waals surface area contributed by atoms with Gasteiger partial charge in [-0.05, 0) is 38.0 Å². The molecule has 0 atom stereocenters. The molecule has 5 heteroatoms. The van der Waals surface area contributed by atoms with Gasteiger partial charge in [-0.2, -0.15) is 0 Å². The van der Waals surface area contributed by atoms with E-state index >= 15 is 0 Å². The van der Waals surface area contributed by atoms with Crippen molar-refractivity contribution in [1.29, 1.82) is 0 Å². The van der Waals surface area contributed by atoms with Crippen molar-refractivity contribution in [1.82, 2.24) is 4.90 Å². The Morgan fingerprint density at radius 3 is 2.10 bits per heavy atom. The molecule has 0 aliphatic rings. The van der Waals surface area contributed by atoms with E-state index in [9.17, 15) is 0 Å². The van der Waals surface area contributed by atoms with E-state index in [0.29, 0.717) is 5.96 Å². The highest BCUT2D eigenvalue weighted by molar-refractivity contribution is 14.0. The summed E-state index contributed by atoms with van der Waals surface area (Å²) in [4.78, 5) is 8.59. The van der Waals surface area contributed by atoms with E-state index < -0.39 is 0 Å². The molecule has 1 aromatic carbocycles. The third-order valence-corrected chi connectivity index (χ3v) is 3.21. The Morgan fingerprint density at radius 1 is 1.10 bits per heavy atom. The first-order valence-electron chi connectivity index (χ1n) is 6.89. The normalized spacial score (nSPS) is 10.9. The smallest absolute Gasteiger partial charge is 0.191 e. The van der Waals surface area contributed by atoms with Gasteiger partial charge in [-0.15, -0.1) is 24.0 Å². The van der Waals surface area contributed by atoms with Gasteiger partial charge < -0.3 is 15.5 Å². The second kappa shape index (κ2) is 9.85. The highest BCUT2D eigenvalue weighted by Crippen LogP contribution is 2.12. The molecule has 0 radical (unpaired) electrons. The quantitative estimate of drug-likeness (QED) is 0.461. The molecule has 0 unspecified atom stereocenters. The zero-order chi connectivity index (χ0) is 14.3. The van der Waals surface area contributed by atoms with Crippen LogP contribution in [0.2, 0.25) is 0 Å². The zero-order valence-corrected chi connectivity index (χ0v) is 15.3. The summed E-state index contributed by atoms with van der Waals surface area (Å²) in [7, 11) is 4.09. The lowest BCUT2D eigenvalue weighted by Gasteiger charge is -2.19. The van der Waals surface area contributed by atoms with Gasteiger partial charge in [-0.3, -0.25) is 4.99 Å². The van der Waals surface area contributed by atoms with Crippen LogP contribution in [0.5, 0.6) is 0 Å². The second-order valence-corrected chi connectivity index (χ2v) is 4.72. The van der Waals surface area contributed by atoms with E-state index in [1.54, 1.807) is 0 Å². The Balaban J connectivity index is 0.00000361. The average Bonchev–Trinajstić information content (AvgIpc) is 2.40. The fraction of sp³-hybridized carbons (Fsp3) is 0.533. The molecule has 4 nitrogen and oxygen atoms in total. The minimum absolute atomic E-state index is 0. The Labute approximate surface area is 140 Å². The van der Waals surface area contributed by atoms with Gasteiger partial charge in [-0.25, -0.2) is 0 Å². The fourth-order valence-corrected chi connectivity index (χ4v) is 1.91. The minimum atomic E-state index is 0. The van der Waals surface area contributed by atoms with Gasteiger partial charge in [0.2, 0.25) is 0 Å². The largest absolute Gasteiger partial charge is 0.378 e. The fourth-order valence-electron chi connectivity index (χ4n) is 1.91. The van der Waals surface area contributed by atoms with Crippen LogP contribution < -0.4 is 10.6 Å². The monoisotopic (exact) mass is 390 g/mol. The SMILES string of the molecule is CCN(CC)C(N)=NCCc1ccc(N(C)C)cc1.I. The number of nitrogens with two attached hydrogens (primary N) is 1. The Hall–Kier alpha value is -0.980. The summed E-state index contributed by atoms with van der Waals surface area (Å²) in [6, 6.07) is 8.57. The molecule has 0 aromatic heterocycles. The van der Waals surface area contributed by atoms with Crippen molar-refractivity contribution < 1.29 is 0 Å². The van der Waals surface area contributed by atoms with Gasteiger partial charge in [0.05, 0.1) is 0 Å². The van der Waals surface area contributed by atoms with Gasteiger partial charge in [-0.1, -0.05) is 12.1 Å². The van der Waals surface area contributed by atoms with Crippen LogP contribution in [-0.2, 0) is 6.42 Å². The van der Waals surface area contributed by atoms with Crippen LogP contribution in [0.25, 0.3) is 0 Å². The summed E-state index contributed by atoms with van der Waals surface area (Å²) in [5, 5.41) is 0. The van der Waals surface area contributed by atoms with E-state index in [0.717, 1.165) is 26.1 Å². The first-order chi connectivity index (χ1) is 9.08. The third-order valence-electron chi connectivity index (χ3n) is 3.21. The highest BCUT2D eigenvalue weighted by Gasteiger charge is 2.01. The number of aliphatic imine (C=N–C) groups is 1. The van der Waals surface area contributed by atoms with E-state index in [-0.39, 0.29) is 24.0 Å². The lowest BCUT2D eigenvalue weighted by Crippen LogP contribution is -2.37. The maximum Gasteiger partial charge on any atom is 0.191 e. The van der Waals surface area contributed by atoms with Crippen LogP contribution in [-0.4, -0.2) is 44.6 Å². The van der Waals surface area contributed by atoms with Crippen molar-refractivity contribution in [3.63, 3.8) is 0 Å². The molecule has 0 aliphatic carbocycles. The minimum Gasteiger partial charge on any atom is -0.378 e. The molecule has 2 N–H and O–H groups in total. The van der Waals surface area contributed by atoms with E-state index in [2.05, 4.69) is 52.9 Å². The van der Waals surface area contributed by atoms with Crippen molar-refractivity contribution in [2.45, 2.75) is 20.3 Å². The molecule has 0 spiro atoms. The molecule has 0 fully saturated rings. The first kappa shape index (κ1) is 19.0. The standard InChI is InChI=1S/C15H26N4.HI/c1-5-19(6-2)15(16)17-12-11-13-7-9-14(10-8-13)18(3)4;/h7-10H,5-6,11-12H2,1-4H3,(H2,16,17);1H. The molecule has 0 bridgehead atoms. The number of hydrogen-bond donors (Lipinski definition) is 1. The Kier molecular flexibility index (Phi) is 9.37. The average molecular weight is 390 g/mol. The maximum absolute atomic E-state index is 5.94. The lowest BCUT2D eigenvalue weighted by atomic mass is 10.1. The molecule has 0 heterocycles.